The van der Waals surface area contributed by atoms with Gasteiger partial charge in [0.2, 0.25) is 0 Å². The summed E-state index contributed by atoms with van der Waals surface area (Å²) in [6.07, 6.45) is 0. The quantitative estimate of drug-likeness (QED) is 0.622. The van der Waals surface area contributed by atoms with E-state index in [1.165, 1.54) is 5.56 Å². The van der Waals surface area contributed by atoms with Gasteiger partial charge in [0, 0.05) is 0 Å². The number of rotatable bonds is 1. The largest absolute Gasteiger partial charge is 0.178 e. The molecule has 0 saturated carbocycles. The molecule has 78 valence electrons. The lowest BCUT2D eigenvalue weighted by molar-refractivity contribution is 0.590. The molecule has 0 aliphatic carbocycles. The highest BCUT2D eigenvalue weighted by molar-refractivity contribution is 9.25. The minimum absolute atomic E-state index is 0.187. The number of hydrogen-bond donors (Lipinski definition) is 0. The second-order valence-electron chi connectivity index (χ2n) is 4.33. The summed E-state index contributed by atoms with van der Waals surface area (Å²) in [7, 11) is 0. The fourth-order valence-corrected chi connectivity index (χ4v) is 1.81. The summed E-state index contributed by atoms with van der Waals surface area (Å²) in [4.78, 5) is 0. The van der Waals surface area contributed by atoms with Crippen LogP contribution in [0, 0.1) is 0 Å². The van der Waals surface area contributed by atoms with Crippen molar-refractivity contribution in [1.29, 1.82) is 0 Å². The Labute approximate surface area is 107 Å². The third-order valence-electron chi connectivity index (χ3n) is 2.08. The van der Waals surface area contributed by atoms with Gasteiger partial charge in [0.25, 0.3) is 0 Å². The van der Waals surface area contributed by atoms with Crippen molar-refractivity contribution in [3.8, 4) is 0 Å². The maximum Gasteiger partial charge on any atom is 0.178 e. The second kappa shape index (κ2) is 4.15. The molecule has 0 aliphatic rings. The molecule has 0 nitrogen and oxygen atoms in total. The first-order valence-electron chi connectivity index (χ1n) is 4.39. The Bertz CT molecular complexity index is 271. The molecular weight excluding hydrogens is 327 g/mol. The average Bonchev–Trinajstić information content (AvgIpc) is 2.01. The van der Waals surface area contributed by atoms with Gasteiger partial charge in [-0.2, -0.15) is 0 Å². The van der Waals surface area contributed by atoms with Gasteiger partial charge in [-0.05, 0) is 48.4 Å². The van der Waals surface area contributed by atoms with Crippen molar-refractivity contribution in [3.05, 3.63) is 35.4 Å². The summed E-state index contributed by atoms with van der Waals surface area (Å²) < 4.78 is -0.642. The van der Waals surface area contributed by atoms with Gasteiger partial charge < -0.3 is 0 Å². The summed E-state index contributed by atoms with van der Waals surface area (Å²) in [6, 6.07) is 8.26. The highest BCUT2D eigenvalue weighted by atomic mass is 79.9. The van der Waals surface area contributed by atoms with Crippen LogP contribution in [0.15, 0.2) is 24.3 Å². The van der Waals surface area contributed by atoms with Crippen molar-refractivity contribution in [2.45, 2.75) is 28.9 Å². The maximum atomic E-state index is 6.06. The Morgan fingerprint density at radius 2 is 1.29 bits per heavy atom. The third kappa shape index (κ3) is 3.25. The monoisotopic (exact) mass is 338 g/mol. The molecule has 0 radical (unpaired) electrons. The summed E-state index contributed by atoms with van der Waals surface area (Å²) in [5, 5.41) is 0. The van der Waals surface area contributed by atoms with Crippen molar-refractivity contribution in [1.82, 2.24) is 0 Å². The smallest absolute Gasteiger partial charge is 0.0886 e. The highest BCUT2D eigenvalue weighted by Gasteiger charge is 2.22. The summed E-state index contributed by atoms with van der Waals surface area (Å²) in [6.45, 7) is 6.58. The van der Waals surface area contributed by atoms with E-state index in [4.69, 9.17) is 11.6 Å². The van der Waals surface area contributed by atoms with E-state index in [0.717, 1.165) is 5.56 Å². The molecule has 0 aliphatic heterocycles. The maximum absolute atomic E-state index is 6.06. The summed E-state index contributed by atoms with van der Waals surface area (Å²) >= 11 is 12.7. The van der Waals surface area contributed by atoms with E-state index in [1.54, 1.807) is 0 Å². The number of halogens is 3. The fraction of sp³-hybridized carbons (Fsp3) is 0.455. The van der Waals surface area contributed by atoms with E-state index in [1.807, 2.05) is 12.1 Å². The molecule has 0 saturated heterocycles. The van der Waals surface area contributed by atoms with Gasteiger partial charge in [-0.25, -0.2) is 0 Å². The van der Waals surface area contributed by atoms with Crippen LogP contribution in [-0.4, -0.2) is 0 Å². The molecule has 1 rings (SSSR count). The van der Waals surface area contributed by atoms with Crippen LogP contribution in [0.4, 0.5) is 0 Å². The minimum Gasteiger partial charge on any atom is -0.0886 e. The molecule has 0 atom stereocenters. The Balaban J connectivity index is 3.02. The zero-order valence-electron chi connectivity index (χ0n) is 8.44. The SMILES string of the molecule is CC(C)(C)c1ccc(C(Cl)(Br)Br)cc1. The molecule has 0 N–H and O–H groups in total. The lowest BCUT2D eigenvalue weighted by Gasteiger charge is -2.20. The van der Waals surface area contributed by atoms with Gasteiger partial charge in [0.15, 0.2) is 2.69 Å². The molecule has 0 heterocycles. The molecule has 14 heavy (non-hydrogen) atoms. The van der Waals surface area contributed by atoms with Gasteiger partial charge in [-0.1, -0.05) is 56.6 Å². The van der Waals surface area contributed by atoms with E-state index in [0.29, 0.717) is 0 Å². The van der Waals surface area contributed by atoms with E-state index in [2.05, 4.69) is 64.8 Å². The van der Waals surface area contributed by atoms with Gasteiger partial charge in [-0.15, -0.1) is 0 Å². The van der Waals surface area contributed by atoms with Gasteiger partial charge in [0.1, 0.15) is 0 Å². The Kier molecular flexibility index (Phi) is 3.72. The first-order chi connectivity index (χ1) is 6.21. The molecule has 0 amide bonds. The van der Waals surface area contributed by atoms with Crippen LogP contribution in [0.5, 0.6) is 0 Å². The minimum atomic E-state index is -0.642. The van der Waals surface area contributed by atoms with Crippen LogP contribution in [0.1, 0.15) is 31.9 Å². The Morgan fingerprint density at radius 3 is 1.57 bits per heavy atom. The van der Waals surface area contributed by atoms with Crippen LogP contribution < -0.4 is 0 Å². The Morgan fingerprint density at radius 1 is 0.929 bits per heavy atom. The van der Waals surface area contributed by atoms with Gasteiger partial charge in [0.05, 0.1) is 0 Å². The molecule has 1 aromatic rings. The predicted octanol–water partition coefficient (Wildman–Crippen LogP) is 5.12. The van der Waals surface area contributed by atoms with Crippen LogP contribution in [-0.2, 0) is 8.11 Å². The molecule has 0 unspecified atom stereocenters. The van der Waals surface area contributed by atoms with E-state index < -0.39 is 2.69 Å². The summed E-state index contributed by atoms with van der Waals surface area (Å²) in [5.41, 5.74) is 2.50. The predicted molar refractivity (Wildman–Crippen MR) is 70.5 cm³/mol. The van der Waals surface area contributed by atoms with E-state index >= 15 is 0 Å². The topological polar surface area (TPSA) is 0 Å². The highest BCUT2D eigenvalue weighted by Crippen LogP contribution is 2.42. The van der Waals surface area contributed by atoms with E-state index in [-0.39, 0.29) is 5.41 Å². The standard InChI is InChI=1S/C11H13Br2Cl/c1-10(2,3)8-4-6-9(7-5-8)11(12,13)14/h4-7H,1-3H3. The first-order valence-corrected chi connectivity index (χ1v) is 6.35. The van der Waals surface area contributed by atoms with Crippen molar-refractivity contribution < 1.29 is 0 Å². The molecular formula is C11H13Br2Cl. The summed E-state index contributed by atoms with van der Waals surface area (Å²) in [5.74, 6) is 0. The second-order valence-corrected chi connectivity index (χ2v) is 9.25. The van der Waals surface area contributed by atoms with Crippen molar-refractivity contribution in [3.63, 3.8) is 0 Å². The number of hydrogen-bond acceptors (Lipinski definition) is 0. The molecule has 1 aromatic carbocycles. The molecule has 0 aromatic heterocycles. The van der Waals surface area contributed by atoms with Crippen molar-refractivity contribution in [2.24, 2.45) is 0 Å². The van der Waals surface area contributed by atoms with Crippen LogP contribution in [0.25, 0.3) is 0 Å². The molecule has 3 heteroatoms. The molecule has 0 spiro atoms. The lowest BCUT2D eigenvalue weighted by Crippen LogP contribution is -2.11. The van der Waals surface area contributed by atoms with Gasteiger partial charge in [-0.3, -0.25) is 0 Å². The third-order valence-corrected chi connectivity index (χ3v) is 3.21. The normalized spacial score (nSPS) is 13.0. The van der Waals surface area contributed by atoms with E-state index in [9.17, 15) is 0 Å². The zero-order valence-corrected chi connectivity index (χ0v) is 12.4. The van der Waals surface area contributed by atoms with Crippen LogP contribution in [0.3, 0.4) is 0 Å². The lowest BCUT2D eigenvalue weighted by atomic mass is 9.87. The Hall–Kier alpha value is 0.470. The first kappa shape index (κ1) is 12.5. The number of benzene rings is 1. The van der Waals surface area contributed by atoms with Crippen LogP contribution in [0.2, 0.25) is 0 Å². The average molecular weight is 340 g/mol. The van der Waals surface area contributed by atoms with Crippen LogP contribution >= 0.6 is 43.5 Å². The van der Waals surface area contributed by atoms with Crippen molar-refractivity contribution in [2.75, 3.05) is 0 Å². The fourth-order valence-electron chi connectivity index (χ4n) is 1.16. The zero-order chi connectivity index (χ0) is 11.0. The molecule has 0 fully saturated rings. The molecule has 0 bridgehead atoms. The number of alkyl halides is 3. The van der Waals surface area contributed by atoms with Gasteiger partial charge >= 0.3 is 0 Å². The van der Waals surface area contributed by atoms with Crippen molar-refractivity contribution >= 4 is 43.5 Å².